The van der Waals surface area contributed by atoms with Gasteiger partial charge in [-0.15, -0.1) is 0 Å². The second-order valence-electron chi connectivity index (χ2n) is 12.6. The van der Waals surface area contributed by atoms with Crippen LogP contribution in [0.4, 0.5) is 5.69 Å². The van der Waals surface area contributed by atoms with Crippen molar-refractivity contribution in [1.29, 1.82) is 0 Å². The molecule has 2 N–H and O–H groups in total. The molecule has 2 amide bonds. The lowest BCUT2D eigenvalue weighted by Crippen LogP contribution is -2.48. The summed E-state index contributed by atoms with van der Waals surface area (Å²) >= 11 is 0. The summed E-state index contributed by atoms with van der Waals surface area (Å²) in [6.45, 7) is 6.74. The first-order valence-corrected chi connectivity index (χ1v) is 17.4. The van der Waals surface area contributed by atoms with Gasteiger partial charge in [-0.1, -0.05) is 6.92 Å². The number of carbonyl (C=O) groups is 2. The quantitative estimate of drug-likeness (QED) is 0.370. The number of anilines is 1. The van der Waals surface area contributed by atoms with Crippen molar-refractivity contribution >= 4 is 27.5 Å². The zero-order chi connectivity index (χ0) is 34.0. The summed E-state index contributed by atoms with van der Waals surface area (Å²) in [4.78, 5) is 34.6. The summed E-state index contributed by atoms with van der Waals surface area (Å²) in [5.74, 6) is -0.435. The van der Waals surface area contributed by atoms with Crippen molar-refractivity contribution in [2.75, 3.05) is 59.3 Å². The number of aliphatic hydroxyl groups excluding tert-OH is 1. The van der Waals surface area contributed by atoms with Gasteiger partial charge in [0.1, 0.15) is 5.75 Å². The Morgan fingerprint density at radius 1 is 1.22 bits per heavy atom. The minimum atomic E-state index is -3.87. The summed E-state index contributed by atoms with van der Waals surface area (Å²) in [7, 11) is 3.24. The van der Waals surface area contributed by atoms with Crippen molar-refractivity contribution < 1.29 is 32.6 Å². The first-order valence-electron chi connectivity index (χ1n) is 16.0. The highest BCUT2D eigenvalue weighted by Crippen LogP contribution is 2.29. The average Bonchev–Trinajstić information content (AvgIpc) is 3.45. The minimum Gasteiger partial charge on any atom is -0.490 e. The van der Waals surface area contributed by atoms with E-state index < -0.39 is 22.2 Å². The standard InChI is InChI=1S/C32H52N6O7S/c1-23-18-38(24(2)21-39)32(41)27-17-26(34-30(40)12-10-15-35(4)5)13-14-28(27)45-25(3)11-8-9-16-44-29(23)19-37(7)46(42,43)31-20-36(6)22-33-31/h13-14,17,20,22-25,29,39H,8-12,15-16,18-19,21H2,1-7H3,(H,34,40)/t23-,24+,25-,29-/m1/s1. The number of hydrogen-bond acceptors (Lipinski definition) is 9. The molecule has 1 aliphatic rings. The molecule has 0 saturated carbocycles. The zero-order valence-corrected chi connectivity index (χ0v) is 29.1. The van der Waals surface area contributed by atoms with Crippen molar-refractivity contribution in [2.45, 2.75) is 76.2 Å². The van der Waals surface area contributed by atoms with Gasteiger partial charge in [0.05, 0.1) is 36.7 Å². The van der Waals surface area contributed by atoms with Crippen molar-refractivity contribution in [1.82, 2.24) is 23.7 Å². The molecule has 2 aromatic rings. The van der Waals surface area contributed by atoms with Crippen molar-refractivity contribution in [3.8, 4) is 5.75 Å². The molecule has 258 valence electrons. The average molecular weight is 665 g/mol. The van der Waals surface area contributed by atoms with Gasteiger partial charge in [-0.2, -0.15) is 4.31 Å². The molecule has 0 aliphatic carbocycles. The molecule has 0 spiro atoms. The third-order valence-electron chi connectivity index (χ3n) is 8.14. The molecule has 3 rings (SSSR count). The van der Waals surface area contributed by atoms with Crippen LogP contribution >= 0.6 is 0 Å². The Bertz CT molecular complexity index is 1400. The second kappa shape index (κ2) is 17.2. The molecule has 0 radical (unpaired) electrons. The van der Waals surface area contributed by atoms with E-state index in [1.165, 1.54) is 23.9 Å². The highest BCUT2D eigenvalue weighted by atomic mass is 32.2. The second-order valence-corrected chi connectivity index (χ2v) is 14.6. The van der Waals surface area contributed by atoms with Crippen LogP contribution in [-0.2, 0) is 26.6 Å². The van der Waals surface area contributed by atoms with E-state index in [1.54, 1.807) is 41.6 Å². The van der Waals surface area contributed by atoms with Gasteiger partial charge in [-0.3, -0.25) is 9.59 Å². The predicted molar refractivity (Wildman–Crippen MR) is 176 cm³/mol. The van der Waals surface area contributed by atoms with E-state index in [0.717, 1.165) is 19.4 Å². The van der Waals surface area contributed by atoms with Crippen molar-refractivity contribution in [3.05, 3.63) is 36.3 Å². The number of nitrogens with one attached hydrogen (secondary N) is 1. The number of nitrogens with zero attached hydrogens (tertiary/aromatic N) is 5. The third-order valence-corrected chi connectivity index (χ3v) is 9.85. The number of imidazole rings is 1. The van der Waals surface area contributed by atoms with Crippen LogP contribution < -0.4 is 10.1 Å². The fraction of sp³-hybridized carbons (Fsp3) is 0.656. The molecule has 0 saturated heterocycles. The number of rotatable bonds is 11. The SMILES string of the molecule is C[C@@H]1CCCCO[C@H](CN(C)S(=O)(=O)c2cn(C)cn2)[C@H](C)CN([C@@H](C)CO)C(=O)c2cc(NC(=O)CCCN(C)C)ccc2O1. The van der Waals surface area contributed by atoms with Crippen LogP contribution in [-0.4, -0.2) is 121 Å². The summed E-state index contributed by atoms with van der Waals surface area (Å²) in [5, 5.41) is 13.0. The number of fused-ring (bicyclic) bond motifs is 1. The molecule has 1 aromatic heterocycles. The molecule has 0 bridgehead atoms. The number of ether oxygens (including phenoxy) is 2. The largest absolute Gasteiger partial charge is 0.490 e. The molecule has 4 atom stereocenters. The topological polar surface area (TPSA) is 147 Å². The smallest absolute Gasteiger partial charge is 0.261 e. The van der Waals surface area contributed by atoms with Crippen LogP contribution in [0.25, 0.3) is 0 Å². The van der Waals surface area contributed by atoms with E-state index in [-0.39, 0.29) is 54.1 Å². The van der Waals surface area contributed by atoms with Crippen LogP contribution in [0.1, 0.15) is 63.2 Å². The predicted octanol–water partition coefficient (Wildman–Crippen LogP) is 2.82. The van der Waals surface area contributed by atoms with E-state index in [9.17, 15) is 23.1 Å². The van der Waals surface area contributed by atoms with Gasteiger partial charge >= 0.3 is 0 Å². The van der Waals surface area contributed by atoms with E-state index in [0.29, 0.717) is 37.3 Å². The monoisotopic (exact) mass is 664 g/mol. The maximum absolute atomic E-state index is 14.3. The zero-order valence-electron chi connectivity index (χ0n) is 28.3. The first kappa shape index (κ1) is 37.4. The fourth-order valence-electron chi connectivity index (χ4n) is 5.28. The number of hydrogen-bond donors (Lipinski definition) is 2. The maximum atomic E-state index is 14.3. The molecule has 13 nitrogen and oxygen atoms in total. The van der Waals surface area contributed by atoms with E-state index >= 15 is 0 Å². The third kappa shape index (κ3) is 10.5. The Hall–Kier alpha value is -3.04. The summed E-state index contributed by atoms with van der Waals surface area (Å²) in [6, 6.07) is 4.51. The van der Waals surface area contributed by atoms with Crippen LogP contribution in [0.3, 0.4) is 0 Å². The van der Waals surface area contributed by atoms with Gasteiger partial charge in [0.15, 0.2) is 5.03 Å². The molecule has 0 unspecified atom stereocenters. The summed E-state index contributed by atoms with van der Waals surface area (Å²) in [6.07, 6.45) is 5.45. The molecular formula is C32H52N6O7S. The number of likely N-dealkylation sites (N-methyl/N-ethyl adjacent to an activating group) is 1. The highest BCUT2D eigenvalue weighted by molar-refractivity contribution is 7.89. The van der Waals surface area contributed by atoms with E-state index in [4.69, 9.17) is 9.47 Å². The van der Waals surface area contributed by atoms with Crippen LogP contribution in [0.5, 0.6) is 5.75 Å². The number of aliphatic hydroxyl groups is 1. The van der Waals surface area contributed by atoms with Gasteiger partial charge < -0.3 is 34.3 Å². The van der Waals surface area contributed by atoms with E-state index in [1.807, 2.05) is 32.8 Å². The first-order chi connectivity index (χ1) is 21.7. The van der Waals surface area contributed by atoms with Gasteiger partial charge in [0.25, 0.3) is 15.9 Å². The van der Waals surface area contributed by atoms with Gasteiger partial charge in [-0.25, -0.2) is 13.4 Å². The molecular weight excluding hydrogens is 612 g/mol. The number of carbonyl (C=O) groups excluding carboxylic acids is 2. The Balaban J connectivity index is 1.92. The van der Waals surface area contributed by atoms with Gasteiger partial charge in [0, 0.05) is 58.0 Å². The fourth-order valence-corrected chi connectivity index (χ4v) is 6.42. The minimum absolute atomic E-state index is 0.0513. The van der Waals surface area contributed by atoms with Crippen LogP contribution in [0, 0.1) is 5.92 Å². The number of aromatic nitrogens is 2. The van der Waals surface area contributed by atoms with Crippen molar-refractivity contribution in [2.24, 2.45) is 13.0 Å². The van der Waals surface area contributed by atoms with Crippen LogP contribution in [0.2, 0.25) is 0 Å². The molecule has 0 fully saturated rings. The highest BCUT2D eigenvalue weighted by Gasteiger charge is 2.33. The summed E-state index contributed by atoms with van der Waals surface area (Å²) < 4.78 is 41.9. The van der Waals surface area contributed by atoms with Crippen molar-refractivity contribution in [3.63, 3.8) is 0 Å². The Labute approximate surface area is 273 Å². The molecule has 1 aliphatic heterocycles. The number of amides is 2. The van der Waals surface area contributed by atoms with Gasteiger partial charge in [0.2, 0.25) is 5.91 Å². The van der Waals surface area contributed by atoms with Gasteiger partial charge in [-0.05, 0) is 78.4 Å². The Kier molecular flexibility index (Phi) is 14.0. The maximum Gasteiger partial charge on any atom is 0.261 e. The lowest BCUT2D eigenvalue weighted by atomic mass is 10.0. The Morgan fingerprint density at radius 3 is 2.61 bits per heavy atom. The number of aryl methyl sites for hydroxylation is 1. The molecule has 46 heavy (non-hydrogen) atoms. The van der Waals surface area contributed by atoms with E-state index in [2.05, 4.69) is 10.3 Å². The Morgan fingerprint density at radius 2 is 1.96 bits per heavy atom. The number of sulfonamides is 1. The number of benzene rings is 1. The summed E-state index contributed by atoms with van der Waals surface area (Å²) in [5.41, 5.74) is 0.751. The molecule has 14 heteroatoms. The molecule has 1 aromatic carbocycles. The lowest BCUT2D eigenvalue weighted by Gasteiger charge is -2.35. The normalized spacial score (nSPS) is 21.0. The lowest BCUT2D eigenvalue weighted by molar-refractivity contribution is -0.116. The molecule has 2 heterocycles. The van der Waals surface area contributed by atoms with Crippen LogP contribution in [0.15, 0.2) is 35.7 Å².